The van der Waals surface area contributed by atoms with Gasteiger partial charge in [0.15, 0.2) is 0 Å². The van der Waals surface area contributed by atoms with Gasteiger partial charge in [0.2, 0.25) is 0 Å². The highest BCUT2D eigenvalue weighted by atomic mass is 32.2. The van der Waals surface area contributed by atoms with Crippen molar-refractivity contribution in [3.8, 4) is 0 Å². The van der Waals surface area contributed by atoms with Crippen molar-refractivity contribution in [3.05, 3.63) is 29.8 Å². The molecule has 0 aliphatic carbocycles. The van der Waals surface area contributed by atoms with E-state index >= 15 is 0 Å². The van der Waals surface area contributed by atoms with E-state index in [0.717, 1.165) is 17.0 Å². The summed E-state index contributed by atoms with van der Waals surface area (Å²) in [4.78, 5) is 0.948. The van der Waals surface area contributed by atoms with Gasteiger partial charge in [-0.1, -0.05) is 12.1 Å². The number of thioether (sulfide) groups is 1. The molecular weight excluding hydrogens is 287 g/mol. The molecule has 114 valence electrons. The molecule has 0 heterocycles. The zero-order valence-electron chi connectivity index (χ0n) is 11.9. The van der Waals surface area contributed by atoms with Crippen LogP contribution in [0.2, 0.25) is 0 Å². The number of hydrogen-bond donors (Lipinski definition) is 1. The lowest BCUT2D eigenvalue weighted by Gasteiger charge is -2.20. The van der Waals surface area contributed by atoms with E-state index in [1.807, 2.05) is 24.3 Å². The Morgan fingerprint density at radius 3 is 2.50 bits per heavy atom. The first-order valence-electron chi connectivity index (χ1n) is 6.33. The maximum Gasteiger partial charge on any atom is 0.522 e. The van der Waals surface area contributed by atoms with E-state index in [9.17, 15) is 13.2 Å². The Kier molecular flexibility index (Phi) is 6.36. The van der Waals surface area contributed by atoms with E-state index in [1.165, 1.54) is 11.8 Å². The Morgan fingerprint density at radius 2 is 1.90 bits per heavy atom. The van der Waals surface area contributed by atoms with Gasteiger partial charge >= 0.3 is 6.36 Å². The van der Waals surface area contributed by atoms with Crippen LogP contribution in [0, 0.1) is 0 Å². The predicted octanol–water partition coefficient (Wildman–Crippen LogP) is 4.20. The normalized spacial score (nSPS) is 12.7. The Labute approximate surface area is 122 Å². The van der Waals surface area contributed by atoms with Crippen molar-refractivity contribution in [1.82, 2.24) is 5.32 Å². The monoisotopic (exact) mass is 307 g/mol. The average Bonchev–Trinajstić information content (AvgIpc) is 2.31. The number of nitrogens with one attached hydrogen (secondary N) is 1. The lowest BCUT2D eigenvalue weighted by Crippen LogP contribution is -2.35. The summed E-state index contributed by atoms with van der Waals surface area (Å²) >= 11 is 1.36. The van der Waals surface area contributed by atoms with Crippen molar-refractivity contribution in [3.63, 3.8) is 0 Å². The summed E-state index contributed by atoms with van der Waals surface area (Å²) in [6.07, 6.45) is -4.54. The van der Waals surface area contributed by atoms with Gasteiger partial charge in [-0.05, 0) is 38.5 Å². The number of ether oxygens (including phenoxy) is 1. The van der Waals surface area contributed by atoms with E-state index in [1.54, 1.807) is 0 Å². The molecule has 0 aliphatic rings. The van der Waals surface area contributed by atoms with Gasteiger partial charge in [-0.3, -0.25) is 4.74 Å². The van der Waals surface area contributed by atoms with E-state index < -0.39 is 6.36 Å². The molecule has 1 aromatic rings. The van der Waals surface area contributed by atoms with Crippen LogP contribution >= 0.6 is 11.8 Å². The molecule has 0 amide bonds. The molecule has 0 unspecified atom stereocenters. The summed E-state index contributed by atoms with van der Waals surface area (Å²) in [5.74, 6) is 0.273. The summed E-state index contributed by atoms with van der Waals surface area (Å²) in [5, 5.41) is 3.37. The third-order valence-electron chi connectivity index (χ3n) is 2.34. The van der Waals surface area contributed by atoms with Crippen LogP contribution in [0.4, 0.5) is 13.2 Å². The molecule has 0 bridgehead atoms. The Morgan fingerprint density at radius 1 is 1.20 bits per heavy atom. The zero-order valence-corrected chi connectivity index (χ0v) is 12.7. The highest BCUT2D eigenvalue weighted by molar-refractivity contribution is 7.99. The molecule has 0 fully saturated rings. The molecule has 0 atom stereocenters. The molecule has 0 spiro atoms. The van der Waals surface area contributed by atoms with Crippen molar-refractivity contribution in [2.75, 3.05) is 12.4 Å². The summed E-state index contributed by atoms with van der Waals surface area (Å²) in [7, 11) is 0. The van der Waals surface area contributed by atoms with E-state index in [-0.39, 0.29) is 17.9 Å². The van der Waals surface area contributed by atoms with Crippen molar-refractivity contribution in [2.45, 2.75) is 44.1 Å². The van der Waals surface area contributed by atoms with Crippen LogP contribution < -0.4 is 5.32 Å². The number of rotatable bonds is 6. The Balaban J connectivity index is 2.40. The molecule has 0 saturated carbocycles. The van der Waals surface area contributed by atoms with Crippen LogP contribution in [-0.2, 0) is 11.3 Å². The number of alkyl halides is 3. The second kappa shape index (κ2) is 7.33. The van der Waals surface area contributed by atoms with Crippen LogP contribution in [0.25, 0.3) is 0 Å². The molecular formula is C14H20F3NOS. The largest absolute Gasteiger partial charge is 0.522 e. The van der Waals surface area contributed by atoms with Gasteiger partial charge in [0.25, 0.3) is 0 Å². The highest BCUT2D eigenvalue weighted by Gasteiger charge is 2.28. The molecule has 20 heavy (non-hydrogen) atoms. The third kappa shape index (κ3) is 8.45. The summed E-state index contributed by atoms with van der Waals surface area (Å²) < 4.78 is 39.2. The van der Waals surface area contributed by atoms with Gasteiger partial charge in [-0.15, -0.1) is 24.9 Å². The van der Waals surface area contributed by atoms with Crippen molar-refractivity contribution < 1.29 is 17.9 Å². The van der Waals surface area contributed by atoms with E-state index in [2.05, 4.69) is 30.8 Å². The van der Waals surface area contributed by atoms with Gasteiger partial charge in [-0.25, -0.2) is 0 Å². The molecule has 1 N–H and O–H groups in total. The number of benzene rings is 1. The van der Waals surface area contributed by atoms with Crippen molar-refractivity contribution >= 4 is 11.8 Å². The maximum absolute atomic E-state index is 11.8. The molecule has 1 aromatic carbocycles. The highest BCUT2D eigenvalue weighted by Crippen LogP contribution is 2.21. The van der Waals surface area contributed by atoms with Crippen LogP contribution in [-0.4, -0.2) is 24.3 Å². The van der Waals surface area contributed by atoms with Gasteiger partial charge < -0.3 is 5.32 Å². The average molecular weight is 307 g/mol. The van der Waals surface area contributed by atoms with Gasteiger partial charge in [0, 0.05) is 22.7 Å². The van der Waals surface area contributed by atoms with Crippen LogP contribution in [0.5, 0.6) is 0 Å². The van der Waals surface area contributed by atoms with Gasteiger partial charge in [0.1, 0.15) is 0 Å². The fourth-order valence-corrected chi connectivity index (χ4v) is 2.24. The summed E-state index contributed by atoms with van der Waals surface area (Å²) in [6, 6.07) is 7.78. The first-order chi connectivity index (χ1) is 9.16. The quantitative estimate of drug-likeness (QED) is 0.628. The molecule has 1 rings (SSSR count). The third-order valence-corrected chi connectivity index (χ3v) is 3.30. The molecule has 0 aliphatic heterocycles. The molecule has 0 radical (unpaired) electrons. The molecule has 6 heteroatoms. The fourth-order valence-electron chi connectivity index (χ4n) is 1.43. The minimum absolute atomic E-state index is 0.0314. The Hall–Kier alpha value is -0.720. The molecule has 0 saturated heterocycles. The topological polar surface area (TPSA) is 21.3 Å². The standard InChI is InChI=1S/C14H20F3NOS/c1-13(2,3)18-10-11-5-4-6-12(9-11)20-8-7-19-14(15,16)17/h4-6,9,18H,7-8,10H2,1-3H3. The predicted molar refractivity (Wildman–Crippen MR) is 75.8 cm³/mol. The summed E-state index contributed by atoms with van der Waals surface area (Å²) in [5.41, 5.74) is 1.14. The Bertz CT molecular complexity index is 416. The second-order valence-electron chi connectivity index (χ2n) is 5.39. The van der Waals surface area contributed by atoms with Gasteiger partial charge in [0.05, 0.1) is 6.61 Å². The van der Waals surface area contributed by atoms with E-state index in [0.29, 0.717) is 0 Å². The van der Waals surface area contributed by atoms with Crippen molar-refractivity contribution in [2.24, 2.45) is 0 Å². The SMILES string of the molecule is CC(C)(C)NCc1cccc(SCCOC(F)(F)F)c1. The minimum Gasteiger partial charge on any atom is -0.308 e. The van der Waals surface area contributed by atoms with Crippen LogP contribution in [0.15, 0.2) is 29.2 Å². The summed E-state index contributed by atoms with van der Waals surface area (Å²) in [6.45, 7) is 6.65. The minimum atomic E-state index is -4.54. The molecule has 0 aromatic heterocycles. The molecule has 2 nitrogen and oxygen atoms in total. The van der Waals surface area contributed by atoms with E-state index in [4.69, 9.17) is 0 Å². The zero-order chi connectivity index (χ0) is 15.2. The van der Waals surface area contributed by atoms with Crippen molar-refractivity contribution in [1.29, 1.82) is 0 Å². The van der Waals surface area contributed by atoms with Gasteiger partial charge in [-0.2, -0.15) is 0 Å². The second-order valence-corrected chi connectivity index (χ2v) is 6.56. The number of halogens is 3. The lowest BCUT2D eigenvalue weighted by molar-refractivity contribution is -0.322. The smallest absolute Gasteiger partial charge is 0.308 e. The van der Waals surface area contributed by atoms with Crippen LogP contribution in [0.3, 0.4) is 0 Å². The maximum atomic E-state index is 11.8. The lowest BCUT2D eigenvalue weighted by atomic mass is 10.1. The van der Waals surface area contributed by atoms with Crippen LogP contribution in [0.1, 0.15) is 26.3 Å². The fraction of sp³-hybridized carbons (Fsp3) is 0.571. The first kappa shape index (κ1) is 17.3. The first-order valence-corrected chi connectivity index (χ1v) is 7.32. The number of hydrogen-bond acceptors (Lipinski definition) is 3.